The van der Waals surface area contributed by atoms with E-state index in [-0.39, 0.29) is 5.91 Å². The summed E-state index contributed by atoms with van der Waals surface area (Å²) in [4.78, 5) is 22.9. The molecule has 1 aromatic heterocycles. The Kier molecular flexibility index (Phi) is 10.4. The van der Waals surface area contributed by atoms with Crippen molar-refractivity contribution in [3.8, 4) is 11.4 Å². The molecule has 0 atom stereocenters. The largest absolute Gasteiger partial charge is 0.378 e. The van der Waals surface area contributed by atoms with E-state index < -0.39 is 0 Å². The average molecular weight is 621 g/mol. The molecule has 46 heavy (non-hydrogen) atoms. The maximum absolute atomic E-state index is 13.3. The Bertz CT molecular complexity index is 1770. The Labute approximate surface area is 276 Å². The van der Waals surface area contributed by atoms with Crippen LogP contribution in [-0.4, -0.2) is 79.2 Å². The molecule has 0 bridgehead atoms. The minimum Gasteiger partial charge on any atom is -0.378 e. The standard InChI is InChI=1S/C40H54N5O/c1-29(2)26-43(27-30(3)4)37(46)28-45(7,8)25-15-9-14-24-44-39-36-19-13-11-17-34(36)33-16-10-12-18-35(33)38(39)41-40(44)31-20-22-32(23-21-31)42(5)6/h10-13,16-23,29-30H,9,14-15,24-28H2,1-8H3/q+1. The van der Waals surface area contributed by atoms with Crippen LogP contribution in [0.3, 0.4) is 0 Å². The zero-order valence-electron chi connectivity index (χ0n) is 29.4. The average Bonchev–Trinajstić information content (AvgIpc) is 3.40. The number of hydrogen-bond donors (Lipinski definition) is 0. The lowest BCUT2D eigenvalue weighted by atomic mass is 10.00. The molecule has 0 saturated carbocycles. The smallest absolute Gasteiger partial charge is 0.277 e. The molecule has 1 heterocycles. The fourth-order valence-electron chi connectivity index (χ4n) is 6.80. The highest BCUT2D eigenvalue weighted by Gasteiger charge is 2.25. The second-order valence-corrected chi connectivity index (χ2v) is 14.8. The lowest BCUT2D eigenvalue weighted by molar-refractivity contribution is -0.883. The van der Waals surface area contributed by atoms with Crippen molar-refractivity contribution in [3.05, 3.63) is 72.8 Å². The molecule has 6 nitrogen and oxygen atoms in total. The minimum absolute atomic E-state index is 0.279. The molecule has 0 unspecified atom stereocenters. The number of benzene rings is 4. The summed E-state index contributed by atoms with van der Waals surface area (Å²) in [5.74, 6) is 2.26. The first-order chi connectivity index (χ1) is 21.9. The second kappa shape index (κ2) is 14.3. The van der Waals surface area contributed by atoms with Gasteiger partial charge in [0.25, 0.3) is 5.91 Å². The molecule has 4 aromatic carbocycles. The maximum Gasteiger partial charge on any atom is 0.277 e. The molecule has 0 aliphatic carbocycles. The van der Waals surface area contributed by atoms with Gasteiger partial charge in [0.1, 0.15) is 5.82 Å². The van der Waals surface area contributed by atoms with Crippen molar-refractivity contribution in [1.82, 2.24) is 14.5 Å². The van der Waals surface area contributed by atoms with Gasteiger partial charge in [-0.25, -0.2) is 4.98 Å². The summed E-state index contributed by atoms with van der Waals surface area (Å²) in [7, 11) is 8.56. The zero-order valence-corrected chi connectivity index (χ0v) is 29.4. The first-order valence-electron chi connectivity index (χ1n) is 17.1. The van der Waals surface area contributed by atoms with E-state index in [1.54, 1.807) is 0 Å². The molecule has 0 aliphatic rings. The molecular weight excluding hydrogens is 566 g/mol. The first-order valence-corrected chi connectivity index (χ1v) is 17.1. The number of carbonyl (C=O) groups excluding carboxylic acids is 1. The third-order valence-corrected chi connectivity index (χ3v) is 9.00. The highest BCUT2D eigenvalue weighted by molar-refractivity contribution is 6.23. The fraction of sp³-hybridized carbons (Fsp3) is 0.450. The van der Waals surface area contributed by atoms with Crippen molar-refractivity contribution in [3.63, 3.8) is 0 Å². The summed E-state index contributed by atoms with van der Waals surface area (Å²) in [6.45, 7) is 12.9. The van der Waals surface area contributed by atoms with Gasteiger partial charge in [-0.15, -0.1) is 0 Å². The molecule has 5 rings (SSSR count). The normalized spacial score (nSPS) is 12.2. The summed E-state index contributed by atoms with van der Waals surface area (Å²) in [6, 6.07) is 26.2. The van der Waals surface area contributed by atoms with Crippen molar-refractivity contribution in [2.24, 2.45) is 11.8 Å². The van der Waals surface area contributed by atoms with E-state index in [2.05, 4.69) is 143 Å². The molecule has 5 aromatic rings. The Hall–Kier alpha value is -3.90. The molecule has 0 saturated heterocycles. The third-order valence-electron chi connectivity index (χ3n) is 9.00. The Morgan fingerprint density at radius 3 is 1.91 bits per heavy atom. The molecule has 0 radical (unpaired) electrons. The Morgan fingerprint density at radius 1 is 0.761 bits per heavy atom. The van der Waals surface area contributed by atoms with E-state index in [4.69, 9.17) is 4.98 Å². The maximum atomic E-state index is 13.3. The van der Waals surface area contributed by atoms with Crippen LogP contribution >= 0.6 is 0 Å². The minimum atomic E-state index is 0.279. The van der Waals surface area contributed by atoms with Crippen molar-refractivity contribution >= 4 is 44.2 Å². The Balaban J connectivity index is 1.38. The predicted molar refractivity (Wildman–Crippen MR) is 196 cm³/mol. The van der Waals surface area contributed by atoms with Crippen molar-refractivity contribution < 1.29 is 9.28 Å². The van der Waals surface area contributed by atoms with Gasteiger partial charge in [0.05, 0.1) is 31.7 Å². The second-order valence-electron chi connectivity index (χ2n) is 14.8. The lowest BCUT2D eigenvalue weighted by Crippen LogP contribution is -2.50. The number of quaternary nitrogens is 1. The van der Waals surface area contributed by atoms with Crippen LogP contribution in [0.4, 0.5) is 5.69 Å². The number of likely N-dealkylation sites (N-methyl/N-ethyl adjacent to an activating group) is 1. The Morgan fingerprint density at radius 2 is 1.33 bits per heavy atom. The number of unbranched alkanes of at least 4 members (excludes halogenated alkanes) is 2. The van der Waals surface area contributed by atoms with Gasteiger partial charge < -0.3 is 18.8 Å². The van der Waals surface area contributed by atoms with Crippen LogP contribution in [0.2, 0.25) is 0 Å². The topological polar surface area (TPSA) is 41.4 Å². The van der Waals surface area contributed by atoms with Crippen LogP contribution in [0, 0.1) is 11.8 Å². The number of rotatable bonds is 14. The predicted octanol–water partition coefficient (Wildman–Crippen LogP) is 8.46. The van der Waals surface area contributed by atoms with Crippen molar-refractivity contribution in [2.45, 2.75) is 53.5 Å². The van der Waals surface area contributed by atoms with Gasteiger partial charge in [-0.3, -0.25) is 4.79 Å². The van der Waals surface area contributed by atoms with E-state index in [0.29, 0.717) is 18.4 Å². The molecule has 244 valence electrons. The number of imidazole rings is 1. The van der Waals surface area contributed by atoms with E-state index >= 15 is 0 Å². The van der Waals surface area contributed by atoms with Gasteiger partial charge in [0.15, 0.2) is 6.54 Å². The van der Waals surface area contributed by atoms with Gasteiger partial charge in [0, 0.05) is 55.8 Å². The van der Waals surface area contributed by atoms with E-state index in [1.165, 1.54) is 32.7 Å². The monoisotopic (exact) mass is 620 g/mol. The highest BCUT2D eigenvalue weighted by Crippen LogP contribution is 2.37. The first kappa shape index (κ1) is 33.5. The number of anilines is 1. The van der Waals surface area contributed by atoms with Gasteiger partial charge in [-0.1, -0.05) is 76.2 Å². The van der Waals surface area contributed by atoms with Crippen LogP contribution in [0.5, 0.6) is 0 Å². The SMILES string of the molecule is CC(C)CN(CC(C)C)C(=O)C[N+](C)(C)CCCCCn1c(-c2ccc(N(C)C)cc2)nc2c3ccccc3c3ccccc3c21. The number of hydrogen-bond acceptors (Lipinski definition) is 3. The van der Waals surface area contributed by atoms with Gasteiger partial charge in [-0.2, -0.15) is 0 Å². The summed E-state index contributed by atoms with van der Waals surface area (Å²) in [5, 5.41) is 4.98. The number of carbonyl (C=O) groups is 1. The number of nitrogens with zero attached hydrogens (tertiary/aromatic N) is 5. The fourth-order valence-corrected chi connectivity index (χ4v) is 6.80. The zero-order chi connectivity index (χ0) is 33.0. The molecular formula is C40H54N5O+. The number of aromatic nitrogens is 2. The molecule has 0 aliphatic heterocycles. The van der Waals surface area contributed by atoms with Crippen molar-refractivity contribution in [2.75, 3.05) is 59.3 Å². The molecule has 0 fully saturated rings. The molecule has 0 spiro atoms. The van der Waals surface area contributed by atoms with E-state index in [9.17, 15) is 4.79 Å². The van der Waals surface area contributed by atoms with Crippen LogP contribution in [0.25, 0.3) is 44.0 Å². The summed E-state index contributed by atoms with van der Waals surface area (Å²) in [5.41, 5.74) is 4.61. The summed E-state index contributed by atoms with van der Waals surface area (Å²) >= 11 is 0. The van der Waals surface area contributed by atoms with E-state index in [1.807, 2.05) is 0 Å². The van der Waals surface area contributed by atoms with Crippen LogP contribution in [0.1, 0.15) is 47.0 Å². The summed E-state index contributed by atoms with van der Waals surface area (Å²) < 4.78 is 3.19. The van der Waals surface area contributed by atoms with Gasteiger partial charge >= 0.3 is 0 Å². The van der Waals surface area contributed by atoms with Crippen LogP contribution < -0.4 is 4.90 Å². The van der Waals surface area contributed by atoms with Crippen molar-refractivity contribution in [1.29, 1.82) is 0 Å². The van der Waals surface area contributed by atoms with E-state index in [0.717, 1.165) is 66.8 Å². The van der Waals surface area contributed by atoms with Crippen LogP contribution in [-0.2, 0) is 11.3 Å². The number of fused-ring (bicyclic) bond motifs is 6. The molecule has 1 amide bonds. The number of aryl methyl sites for hydroxylation is 1. The lowest BCUT2D eigenvalue weighted by Gasteiger charge is -2.33. The third kappa shape index (κ3) is 7.55. The van der Waals surface area contributed by atoms with Crippen LogP contribution in [0.15, 0.2) is 72.8 Å². The number of amides is 1. The quantitative estimate of drug-likeness (QED) is 0.0711. The van der Waals surface area contributed by atoms with Gasteiger partial charge in [0.2, 0.25) is 0 Å². The molecule has 0 N–H and O–H groups in total. The summed E-state index contributed by atoms with van der Waals surface area (Å²) in [6.07, 6.45) is 3.23. The molecule has 6 heteroatoms. The van der Waals surface area contributed by atoms with Gasteiger partial charge in [-0.05, 0) is 66.1 Å². The highest BCUT2D eigenvalue weighted by atomic mass is 16.2.